The highest BCUT2D eigenvalue weighted by Crippen LogP contribution is 2.08. The molecule has 2 heterocycles. The third-order valence-corrected chi connectivity index (χ3v) is 2.49. The number of hydrogen-bond acceptors (Lipinski definition) is 7. The van der Waals surface area contributed by atoms with Crippen LogP contribution in [0.3, 0.4) is 0 Å². The molecule has 19 heavy (non-hydrogen) atoms. The lowest BCUT2D eigenvalue weighted by molar-refractivity contribution is 0.0380. The van der Waals surface area contributed by atoms with Crippen molar-refractivity contribution in [2.75, 3.05) is 20.3 Å². The summed E-state index contributed by atoms with van der Waals surface area (Å²) in [6.07, 6.45) is 1.54. The number of esters is 1. The van der Waals surface area contributed by atoms with Crippen LogP contribution in [0.2, 0.25) is 0 Å². The van der Waals surface area contributed by atoms with E-state index >= 15 is 0 Å². The predicted octanol–water partition coefficient (Wildman–Crippen LogP) is 0.426. The maximum absolute atomic E-state index is 11.7. The molecular weight excluding hydrogens is 252 g/mol. The topological polar surface area (TPSA) is 92.3 Å². The maximum atomic E-state index is 11.7. The van der Waals surface area contributed by atoms with Crippen LogP contribution in [0.25, 0.3) is 0 Å². The number of methoxy groups -OCH3 is 1. The quantitative estimate of drug-likeness (QED) is 0.552. The number of nitrogens with zero attached hydrogens (tertiary/aromatic N) is 4. The minimum absolute atomic E-state index is 0.184. The third-order valence-electron chi connectivity index (χ3n) is 2.49. The highest BCUT2D eigenvalue weighted by atomic mass is 16.6. The zero-order valence-corrected chi connectivity index (χ0v) is 10.7. The van der Waals surface area contributed by atoms with Crippen LogP contribution in [0.15, 0.2) is 16.8 Å². The number of carbonyl (C=O) groups is 1. The third kappa shape index (κ3) is 3.16. The molecule has 0 aromatic carbocycles. The van der Waals surface area contributed by atoms with Crippen molar-refractivity contribution >= 4 is 5.97 Å². The Kier molecular flexibility index (Phi) is 4.24. The molecule has 2 aromatic heterocycles. The molecular formula is C11H14N4O4. The molecule has 0 aliphatic heterocycles. The van der Waals surface area contributed by atoms with Crippen molar-refractivity contribution in [3.05, 3.63) is 29.4 Å². The van der Waals surface area contributed by atoms with Gasteiger partial charge < -0.3 is 14.0 Å². The van der Waals surface area contributed by atoms with E-state index in [1.165, 1.54) is 7.11 Å². The van der Waals surface area contributed by atoms with Gasteiger partial charge in [0.25, 0.3) is 0 Å². The van der Waals surface area contributed by atoms with Crippen molar-refractivity contribution in [3.63, 3.8) is 0 Å². The van der Waals surface area contributed by atoms with Crippen molar-refractivity contribution in [2.45, 2.75) is 13.5 Å². The number of rotatable bonds is 6. The van der Waals surface area contributed by atoms with Gasteiger partial charge in [0.15, 0.2) is 11.5 Å². The van der Waals surface area contributed by atoms with E-state index in [1.807, 2.05) is 0 Å². The van der Waals surface area contributed by atoms with E-state index in [9.17, 15) is 4.79 Å². The van der Waals surface area contributed by atoms with E-state index in [0.29, 0.717) is 24.6 Å². The molecule has 8 nitrogen and oxygen atoms in total. The van der Waals surface area contributed by atoms with E-state index < -0.39 is 5.97 Å². The monoisotopic (exact) mass is 266 g/mol. The first-order valence-electron chi connectivity index (χ1n) is 5.68. The van der Waals surface area contributed by atoms with E-state index in [-0.39, 0.29) is 12.3 Å². The Balaban J connectivity index is 2.03. The summed E-state index contributed by atoms with van der Waals surface area (Å²) in [4.78, 5) is 11.7. The molecule has 0 saturated carbocycles. The fourth-order valence-corrected chi connectivity index (χ4v) is 1.46. The van der Waals surface area contributed by atoms with E-state index in [4.69, 9.17) is 14.0 Å². The Morgan fingerprint density at radius 3 is 3.00 bits per heavy atom. The van der Waals surface area contributed by atoms with Crippen molar-refractivity contribution in [1.82, 2.24) is 20.2 Å². The molecule has 2 rings (SSSR count). The Morgan fingerprint density at radius 2 is 2.32 bits per heavy atom. The number of ether oxygens (including phenoxy) is 2. The lowest BCUT2D eigenvalue weighted by atomic mass is 10.3. The molecule has 8 heteroatoms. The standard InChI is InChI=1S/C11H14N4O4/c1-8-10(11(16)18-6-5-17-2)13-14-15(8)7-9-3-4-12-19-9/h3-4H,5-7H2,1-2H3. The van der Waals surface area contributed by atoms with Crippen LogP contribution >= 0.6 is 0 Å². The van der Waals surface area contributed by atoms with Crippen LogP contribution in [0.1, 0.15) is 21.9 Å². The molecule has 0 N–H and O–H groups in total. The van der Waals surface area contributed by atoms with Gasteiger partial charge in [0.1, 0.15) is 13.2 Å². The lowest BCUT2D eigenvalue weighted by Crippen LogP contribution is -2.12. The van der Waals surface area contributed by atoms with Crippen molar-refractivity contribution in [3.8, 4) is 0 Å². The fraction of sp³-hybridized carbons (Fsp3) is 0.455. The largest absolute Gasteiger partial charge is 0.458 e. The zero-order chi connectivity index (χ0) is 13.7. The molecule has 0 fully saturated rings. The van der Waals surface area contributed by atoms with Crippen LogP contribution in [0.4, 0.5) is 0 Å². The van der Waals surface area contributed by atoms with E-state index in [1.54, 1.807) is 23.9 Å². The molecule has 0 unspecified atom stereocenters. The normalized spacial score (nSPS) is 10.6. The second kappa shape index (κ2) is 6.10. The summed E-state index contributed by atoms with van der Waals surface area (Å²) >= 11 is 0. The molecule has 0 aliphatic rings. The second-order valence-corrected chi connectivity index (χ2v) is 3.79. The SMILES string of the molecule is COCCOC(=O)c1nnn(Cc2ccno2)c1C. The van der Waals surface area contributed by atoms with Gasteiger partial charge >= 0.3 is 5.97 Å². The van der Waals surface area contributed by atoms with Gasteiger partial charge in [0.05, 0.1) is 18.5 Å². The summed E-state index contributed by atoms with van der Waals surface area (Å²) in [5.41, 5.74) is 0.800. The summed E-state index contributed by atoms with van der Waals surface area (Å²) in [5, 5.41) is 11.3. The molecule has 0 saturated heterocycles. The van der Waals surface area contributed by atoms with Gasteiger partial charge in [-0.05, 0) is 6.92 Å². The number of carbonyl (C=O) groups excluding carboxylic acids is 1. The smallest absolute Gasteiger partial charge is 0.360 e. The summed E-state index contributed by atoms with van der Waals surface area (Å²) in [7, 11) is 1.53. The molecule has 0 amide bonds. The number of aromatic nitrogens is 4. The minimum Gasteiger partial charge on any atom is -0.458 e. The molecule has 0 bridgehead atoms. The highest BCUT2D eigenvalue weighted by Gasteiger charge is 2.18. The van der Waals surface area contributed by atoms with E-state index in [0.717, 1.165) is 0 Å². The summed E-state index contributed by atoms with van der Waals surface area (Å²) < 4.78 is 16.3. The zero-order valence-electron chi connectivity index (χ0n) is 10.7. The van der Waals surface area contributed by atoms with E-state index in [2.05, 4.69) is 15.5 Å². The average molecular weight is 266 g/mol. The van der Waals surface area contributed by atoms with Gasteiger partial charge in [-0.1, -0.05) is 10.4 Å². The van der Waals surface area contributed by atoms with Crippen LogP contribution in [-0.2, 0) is 16.0 Å². The first kappa shape index (κ1) is 13.2. The van der Waals surface area contributed by atoms with Gasteiger partial charge in [-0.15, -0.1) is 5.10 Å². The average Bonchev–Trinajstić information content (AvgIpc) is 3.02. The Morgan fingerprint density at radius 1 is 1.47 bits per heavy atom. The fourth-order valence-electron chi connectivity index (χ4n) is 1.46. The van der Waals surface area contributed by atoms with Gasteiger partial charge in [-0.3, -0.25) is 0 Å². The van der Waals surface area contributed by atoms with Crippen LogP contribution in [0.5, 0.6) is 0 Å². The lowest BCUT2D eigenvalue weighted by Gasteiger charge is -2.02. The molecule has 0 spiro atoms. The summed E-state index contributed by atoms with van der Waals surface area (Å²) in [6.45, 7) is 2.63. The number of hydrogen-bond donors (Lipinski definition) is 0. The molecule has 0 radical (unpaired) electrons. The highest BCUT2D eigenvalue weighted by molar-refractivity contribution is 5.88. The first-order chi connectivity index (χ1) is 9.22. The van der Waals surface area contributed by atoms with Crippen molar-refractivity contribution < 1.29 is 18.8 Å². The van der Waals surface area contributed by atoms with Gasteiger partial charge in [-0.25, -0.2) is 9.48 Å². The van der Waals surface area contributed by atoms with Crippen LogP contribution < -0.4 is 0 Å². The van der Waals surface area contributed by atoms with Crippen molar-refractivity contribution in [2.24, 2.45) is 0 Å². The minimum atomic E-state index is -0.515. The Bertz CT molecular complexity index is 535. The Labute approximate surface area is 109 Å². The molecule has 0 aliphatic carbocycles. The van der Waals surface area contributed by atoms with Gasteiger partial charge in [0.2, 0.25) is 0 Å². The van der Waals surface area contributed by atoms with Gasteiger partial charge in [-0.2, -0.15) is 0 Å². The van der Waals surface area contributed by atoms with Crippen LogP contribution in [-0.4, -0.2) is 46.4 Å². The summed E-state index contributed by atoms with van der Waals surface area (Å²) in [6, 6.07) is 1.72. The Hall–Kier alpha value is -2.22. The van der Waals surface area contributed by atoms with Gasteiger partial charge in [0, 0.05) is 13.2 Å². The van der Waals surface area contributed by atoms with Crippen molar-refractivity contribution in [1.29, 1.82) is 0 Å². The second-order valence-electron chi connectivity index (χ2n) is 3.79. The molecule has 2 aromatic rings. The summed E-state index contributed by atoms with van der Waals surface area (Å²) in [5.74, 6) is 0.116. The maximum Gasteiger partial charge on any atom is 0.360 e. The first-order valence-corrected chi connectivity index (χ1v) is 5.68. The van der Waals surface area contributed by atoms with Crippen LogP contribution in [0, 0.1) is 6.92 Å². The molecule has 102 valence electrons. The predicted molar refractivity (Wildman–Crippen MR) is 62.5 cm³/mol. The molecule has 0 atom stereocenters.